The zero-order valence-electron chi connectivity index (χ0n) is 11.4. The van der Waals surface area contributed by atoms with E-state index in [2.05, 4.69) is 15.2 Å². The van der Waals surface area contributed by atoms with Crippen LogP contribution in [-0.4, -0.2) is 20.1 Å². The largest absolute Gasteiger partial charge is 0.456 e. The standard InChI is InChI=1S/C13H10N4O4S/c1-8-2-4-10(20-8)13-16-15-11(21-13)7-22-12-5-3-9(6-14-12)17(18)19/h2-6H,7H2,1H3. The molecule has 0 unspecified atom stereocenters. The molecule has 0 amide bonds. The van der Waals surface area contributed by atoms with Crippen LogP contribution in [0.4, 0.5) is 5.69 Å². The minimum Gasteiger partial charge on any atom is -0.456 e. The number of hydrogen-bond donors (Lipinski definition) is 0. The molecule has 22 heavy (non-hydrogen) atoms. The SMILES string of the molecule is Cc1ccc(-c2nnc(CSc3ccc([N+](=O)[O-])cn3)o2)o1. The van der Waals surface area contributed by atoms with E-state index >= 15 is 0 Å². The Hall–Kier alpha value is -2.68. The Balaban J connectivity index is 1.64. The quantitative estimate of drug-likeness (QED) is 0.401. The minimum absolute atomic E-state index is 0.0439. The van der Waals surface area contributed by atoms with Crippen molar-refractivity contribution in [2.75, 3.05) is 0 Å². The van der Waals surface area contributed by atoms with Crippen molar-refractivity contribution < 1.29 is 13.8 Å². The van der Waals surface area contributed by atoms with Crippen LogP contribution in [0.3, 0.4) is 0 Å². The van der Waals surface area contributed by atoms with Crippen molar-refractivity contribution in [3.8, 4) is 11.7 Å². The normalized spacial score (nSPS) is 10.8. The minimum atomic E-state index is -0.489. The summed E-state index contributed by atoms with van der Waals surface area (Å²) in [6.07, 6.45) is 1.22. The second-order valence-corrected chi connectivity index (χ2v) is 5.31. The Bertz CT molecular complexity index is 796. The lowest BCUT2D eigenvalue weighted by Gasteiger charge is -1.96. The van der Waals surface area contributed by atoms with Crippen molar-refractivity contribution in [2.45, 2.75) is 17.7 Å². The van der Waals surface area contributed by atoms with Crippen molar-refractivity contribution in [1.82, 2.24) is 15.2 Å². The molecule has 0 atom stereocenters. The first-order chi connectivity index (χ1) is 10.6. The summed E-state index contributed by atoms with van der Waals surface area (Å²) in [7, 11) is 0. The topological polar surface area (TPSA) is 108 Å². The van der Waals surface area contributed by atoms with Gasteiger partial charge in [-0.15, -0.1) is 10.2 Å². The Morgan fingerprint density at radius 2 is 2.09 bits per heavy atom. The molecular weight excluding hydrogens is 308 g/mol. The molecule has 0 aliphatic carbocycles. The second-order valence-electron chi connectivity index (χ2n) is 4.31. The molecule has 3 rings (SSSR count). The van der Waals surface area contributed by atoms with Gasteiger partial charge in [-0.05, 0) is 25.1 Å². The number of hydrogen-bond acceptors (Lipinski definition) is 8. The summed E-state index contributed by atoms with van der Waals surface area (Å²) in [4.78, 5) is 14.1. The molecule has 0 aliphatic rings. The summed E-state index contributed by atoms with van der Waals surface area (Å²) in [6.45, 7) is 1.83. The van der Waals surface area contributed by atoms with Crippen molar-refractivity contribution >= 4 is 17.4 Å². The molecule has 112 valence electrons. The highest BCUT2D eigenvalue weighted by atomic mass is 32.2. The molecule has 0 saturated carbocycles. The third-order valence-corrected chi connectivity index (χ3v) is 3.62. The average Bonchev–Trinajstić information content (AvgIpc) is 3.14. The van der Waals surface area contributed by atoms with E-state index in [9.17, 15) is 10.1 Å². The lowest BCUT2D eigenvalue weighted by molar-refractivity contribution is -0.385. The summed E-state index contributed by atoms with van der Waals surface area (Å²) < 4.78 is 10.9. The van der Waals surface area contributed by atoms with Crippen LogP contribution in [0.5, 0.6) is 0 Å². The summed E-state index contributed by atoms with van der Waals surface area (Å²) in [5.41, 5.74) is -0.0439. The third kappa shape index (κ3) is 3.14. The number of furan rings is 1. The van der Waals surface area contributed by atoms with Crippen LogP contribution >= 0.6 is 11.8 Å². The van der Waals surface area contributed by atoms with Crippen LogP contribution in [0.25, 0.3) is 11.7 Å². The maximum Gasteiger partial charge on any atom is 0.287 e. The third-order valence-electron chi connectivity index (χ3n) is 2.69. The highest BCUT2D eigenvalue weighted by Crippen LogP contribution is 2.25. The molecule has 0 N–H and O–H groups in total. The van der Waals surface area contributed by atoms with Gasteiger partial charge in [-0.1, -0.05) is 11.8 Å². The van der Waals surface area contributed by atoms with E-state index in [4.69, 9.17) is 8.83 Å². The number of pyridine rings is 1. The van der Waals surface area contributed by atoms with E-state index in [0.29, 0.717) is 28.3 Å². The molecule has 0 spiro atoms. The molecule has 3 aromatic rings. The summed E-state index contributed by atoms with van der Waals surface area (Å²) in [5.74, 6) is 2.45. The molecule has 8 nitrogen and oxygen atoms in total. The van der Waals surface area contributed by atoms with E-state index in [1.165, 1.54) is 24.0 Å². The molecule has 0 aliphatic heterocycles. The van der Waals surface area contributed by atoms with Crippen LogP contribution in [-0.2, 0) is 5.75 Å². The van der Waals surface area contributed by atoms with Gasteiger partial charge in [-0.3, -0.25) is 10.1 Å². The van der Waals surface area contributed by atoms with Crippen LogP contribution in [0.1, 0.15) is 11.7 Å². The first-order valence-corrected chi connectivity index (χ1v) is 7.23. The monoisotopic (exact) mass is 318 g/mol. The number of nitro groups is 1. The number of aromatic nitrogens is 3. The molecule has 0 bridgehead atoms. The van der Waals surface area contributed by atoms with Gasteiger partial charge >= 0.3 is 0 Å². The second kappa shape index (κ2) is 5.98. The number of nitrogens with zero attached hydrogens (tertiary/aromatic N) is 4. The summed E-state index contributed by atoms with van der Waals surface area (Å²) >= 11 is 1.35. The van der Waals surface area contributed by atoms with E-state index in [-0.39, 0.29) is 5.69 Å². The van der Waals surface area contributed by atoms with Gasteiger partial charge in [0.05, 0.1) is 15.7 Å². The van der Waals surface area contributed by atoms with Gasteiger partial charge in [0.15, 0.2) is 5.76 Å². The first-order valence-electron chi connectivity index (χ1n) is 6.24. The number of aryl methyl sites for hydroxylation is 1. The smallest absolute Gasteiger partial charge is 0.287 e. The molecule has 3 aromatic heterocycles. The molecule has 3 heterocycles. The molecule has 0 fully saturated rings. The summed E-state index contributed by atoms with van der Waals surface area (Å²) in [6, 6.07) is 6.56. The van der Waals surface area contributed by atoms with E-state index in [1.807, 2.05) is 13.0 Å². The maximum absolute atomic E-state index is 10.5. The van der Waals surface area contributed by atoms with Gasteiger partial charge in [-0.25, -0.2) is 4.98 Å². The fraction of sp³-hybridized carbons (Fsp3) is 0.154. The van der Waals surface area contributed by atoms with Gasteiger partial charge in [0.25, 0.3) is 11.6 Å². The predicted molar refractivity (Wildman–Crippen MR) is 77.2 cm³/mol. The van der Waals surface area contributed by atoms with Gasteiger partial charge < -0.3 is 8.83 Å². The molecule has 0 radical (unpaired) electrons. The van der Waals surface area contributed by atoms with Crippen molar-refractivity contribution in [3.63, 3.8) is 0 Å². The number of rotatable bonds is 5. The number of thioether (sulfide) groups is 1. The lowest BCUT2D eigenvalue weighted by atomic mass is 10.4. The maximum atomic E-state index is 10.5. The Kier molecular flexibility index (Phi) is 3.88. The van der Waals surface area contributed by atoms with E-state index in [0.717, 1.165) is 5.76 Å². The van der Waals surface area contributed by atoms with Gasteiger partial charge in [-0.2, -0.15) is 0 Å². The van der Waals surface area contributed by atoms with Crippen LogP contribution < -0.4 is 0 Å². The molecule has 0 aromatic carbocycles. The first kappa shape index (κ1) is 14.3. The van der Waals surface area contributed by atoms with Crippen molar-refractivity contribution in [2.24, 2.45) is 0 Å². The van der Waals surface area contributed by atoms with Crippen molar-refractivity contribution in [3.05, 3.63) is 52.2 Å². The van der Waals surface area contributed by atoms with Gasteiger partial charge in [0, 0.05) is 6.07 Å². The predicted octanol–water partition coefficient (Wildman–Crippen LogP) is 3.23. The summed E-state index contributed by atoms with van der Waals surface area (Å²) in [5, 5.41) is 19.0. The van der Waals surface area contributed by atoms with Gasteiger partial charge in [0.1, 0.15) is 12.0 Å². The van der Waals surface area contributed by atoms with Crippen LogP contribution in [0.2, 0.25) is 0 Å². The van der Waals surface area contributed by atoms with Crippen LogP contribution in [0.15, 0.2) is 44.3 Å². The fourth-order valence-corrected chi connectivity index (χ4v) is 2.34. The Morgan fingerprint density at radius 1 is 1.23 bits per heavy atom. The van der Waals surface area contributed by atoms with E-state index in [1.54, 1.807) is 12.1 Å². The van der Waals surface area contributed by atoms with E-state index < -0.39 is 4.92 Å². The Labute approximate surface area is 128 Å². The van der Waals surface area contributed by atoms with Crippen molar-refractivity contribution in [1.29, 1.82) is 0 Å². The van der Waals surface area contributed by atoms with Gasteiger partial charge in [0.2, 0.25) is 5.89 Å². The zero-order chi connectivity index (χ0) is 15.5. The highest BCUT2D eigenvalue weighted by molar-refractivity contribution is 7.98. The fourth-order valence-electron chi connectivity index (χ4n) is 1.66. The average molecular weight is 318 g/mol. The zero-order valence-corrected chi connectivity index (χ0v) is 12.2. The molecular formula is C13H10N4O4S. The molecule has 0 saturated heterocycles. The molecule has 9 heteroatoms. The Morgan fingerprint density at radius 3 is 2.73 bits per heavy atom. The van der Waals surface area contributed by atoms with Crippen LogP contribution in [0, 0.1) is 17.0 Å². The highest BCUT2D eigenvalue weighted by Gasteiger charge is 2.12. The lowest BCUT2D eigenvalue weighted by Crippen LogP contribution is -1.89.